The molecule has 1 heterocycles. The number of nitrogens with zero attached hydrogens (tertiary/aromatic N) is 3. The Morgan fingerprint density at radius 2 is 1.70 bits per heavy atom. The van der Waals surface area contributed by atoms with Crippen LogP contribution in [0.15, 0.2) is 54.6 Å². The number of ketones is 3. The van der Waals surface area contributed by atoms with Crippen LogP contribution >= 0.6 is 0 Å². The quantitative estimate of drug-likeness (QED) is 0.0968. The van der Waals surface area contributed by atoms with Gasteiger partial charge in [-0.05, 0) is 77.1 Å². The molecule has 2 aromatic rings. The first-order valence-corrected chi connectivity index (χ1v) is 17.7. The molecule has 1 aliphatic carbocycles. The number of nitrogens with two attached hydrogens (primary N) is 1. The van der Waals surface area contributed by atoms with Gasteiger partial charge in [0.25, 0.3) is 11.6 Å². The van der Waals surface area contributed by atoms with E-state index in [1.165, 1.54) is 25.9 Å². The lowest BCUT2D eigenvalue weighted by atomic mass is 9.82. The smallest absolute Gasteiger partial charge is 0.410 e. The van der Waals surface area contributed by atoms with Crippen LogP contribution in [-0.4, -0.2) is 112 Å². The Bertz CT molecular complexity index is 1750. The number of ether oxygens (including phenoxy) is 2. The molecule has 1 saturated carbocycles. The predicted molar refractivity (Wildman–Crippen MR) is 192 cm³/mol. The molecule has 2 aliphatic rings. The summed E-state index contributed by atoms with van der Waals surface area (Å²) in [5.74, 6) is -4.57. The summed E-state index contributed by atoms with van der Waals surface area (Å²) in [6, 6.07) is 8.56. The van der Waals surface area contributed by atoms with E-state index < -0.39 is 82.4 Å². The molecule has 0 radical (unpaired) electrons. The molecule has 4 rings (SSSR count). The van der Waals surface area contributed by atoms with Crippen LogP contribution in [0.1, 0.15) is 69.7 Å². The van der Waals surface area contributed by atoms with Crippen molar-refractivity contribution in [3.63, 3.8) is 0 Å². The van der Waals surface area contributed by atoms with Gasteiger partial charge in [0.2, 0.25) is 23.1 Å². The average Bonchev–Trinajstić information content (AvgIpc) is 3.73. The van der Waals surface area contributed by atoms with Crippen molar-refractivity contribution < 1.29 is 48.0 Å². The van der Waals surface area contributed by atoms with Crippen LogP contribution in [0, 0.1) is 10.1 Å². The number of benzene rings is 2. The average molecular weight is 751 g/mol. The van der Waals surface area contributed by atoms with Gasteiger partial charge in [-0.15, -0.1) is 0 Å². The van der Waals surface area contributed by atoms with E-state index >= 15 is 0 Å². The lowest BCUT2D eigenvalue weighted by molar-refractivity contribution is -0.384. The maximum atomic E-state index is 14.9. The normalized spacial score (nSPS) is 20.7. The molecule has 17 heteroatoms. The number of nitro benzene ring substituents is 1. The lowest BCUT2D eigenvalue weighted by Crippen LogP contribution is -2.70. The first-order valence-electron chi connectivity index (χ1n) is 17.7. The van der Waals surface area contributed by atoms with Gasteiger partial charge in [0.15, 0.2) is 11.6 Å². The summed E-state index contributed by atoms with van der Waals surface area (Å²) in [4.78, 5) is 109. The van der Waals surface area contributed by atoms with Crippen LogP contribution in [0.2, 0.25) is 0 Å². The van der Waals surface area contributed by atoms with E-state index in [4.69, 9.17) is 15.2 Å². The molecule has 0 bridgehead atoms. The van der Waals surface area contributed by atoms with Crippen LogP contribution in [0.5, 0.6) is 5.75 Å². The SMILES string of the molecule is COC1CC(=O)C(C(=O)[C@@H]2CCCN2C(=O)[C@H](CCCCNC(=O)[C@H](C)N)NC(=O)c2ccccc2)(N(C(=O)Oc2ccc([N+](=O)[O-])cc2)C(C)C)C1=O. The first kappa shape index (κ1) is 41.2. The maximum Gasteiger partial charge on any atom is 0.417 e. The van der Waals surface area contributed by atoms with Crippen LogP contribution < -0.4 is 21.1 Å². The van der Waals surface area contributed by atoms with E-state index in [1.54, 1.807) is 37.3 Å². The minimum absolute atomic E-state index is 0.0521. The Morgan fingerprint density at radius 3 is 2.28 bits per heavy atom. The molecule has 1 aliphatic heterocycles. The zero-order chi connectivity index (χ0) is 39.7. The van der Waals surface area contributed by atoms with Crippen molar-refractivity contribution in [2.75, 3.05) is 20.2 Å². The van der Waals surface area contributed by atoms with Gasteiger partial charge in [-0.25, -0.2) is 4.79 Å². The third-order valence-electron chi connectivity index (χ3n) is 9.50. The van der Waals surface area contributed by atoms with Crippen molar-refractivity contribution in [2.24, 2.45) is 5.73 Å². The van der Waals surface area contributed by atoms with E-state index in [0.717, 1.165) is 29.2 Å². The number of unbranched alkanes of at least 4 members (excludes halogenated alkanes) is 1. The van der Waals surface area contributed by atoms with Crippen LogP contribution in [0.3, 0.4) is 0 Å². The van der Waals surface area contributed by atoms with Gasteiger partial charge in [-0.2, -0.15) is 0 Å². The van der Waals surface area contributed by atoms with E-state index in [1.807, 2.05) is 0 Å². The van der Waals surface area contributed by atoms with Gasteiger partial charge < -0.3 is 30.7 Å². The number of nitro groups is 1. The van der Waals surface area contributed by atoms with Crippen LogP contribution in [0.25, 0.3) is 0 Å². The maximum absolute atomic E-state index is 14.9. The molecule has 54 heavy (non-hydrogen) atoms. The van der Waals surface area contributed by atoms with Crippen LogP contribution in [0.4, 0.5) is 10.5 Å². The minimum Gasteiger partial charge on any atom is -0.410 e. The molecule has 4 amide bonds. The van der Waals surface area contributed by atoms with Gasteiger partial charge >= 0.3 is 6.09 Å². The van der Waals surface area contributed by atoms with Gasteiger partial charge in [0, 0.05) is 50.4 Å². The summed E-state index contributed by atoms with van der Waals surface area (Å²) in [5, 5.41) is 16.6. The molecule has 2 fully saturated rings. The molecule has 17 nitrogen and oxygen atoms in total. The second-order valence-electron chi connectivity index (χ2n) is 13.5. The molecule has 2 aromatic carbocycles. The largest absolute Gasteiger partial charge is 0.417 e. The number of rotatable bonds is 16. The Morgan fingerprint density at radius 1 is 1.04 bits per heavy atom. The number of amides is 4. The zero-order valence-corrected chi connectivity index (χ0v) is 30.6. The zero-order valence-electron chi connectivity index (χ0n) is 30.6. The fraction of sp³-hybridized carbons (Fsp3) is 0.486. The molecular formula is C37H46N6O11. The second-order valence-corrected chi connectivity index (χ2v) is 13.5. The molecule has 290 valence electrons. The predicted octanol–water partition coefficient (Wildman–Crippen LogP) is 2.09. The van der Waals surface area contributed by atoms with Crippen molar-refractivity contribution in [1.29, 1.82) is 0 Å². The number of non-ortho nitro benzene ring substituents is 1. The fourth-order valence-electron chi connectivity index (χ4n) is 6.80. The third-order valence-corrected chi connectivity index (χ3v) is 9.50. The highest BCUT2D eigenvalue weighted by Gasteiger charge is 2.67. The summed E-state index contributed by atoms with van der Waals surface area (Å²) in [7, 11) is 1.19. The summed E-state index contributed by atoms with van der Waals surface area (Å²) in [5.41, 5.74) is 2.89. The summed E-state index contributed by atoms with van der Waals surface area (Å²) in [6.07, 6.45) is -1.84. The van der Waals surface area contributed by atoms with E-state index in [2.05, 4.69) is 10.6 Å². The van der Waals surface area contributed by atoms with Gasteiger partial charge in [-0.1, -0.05) is 18.2 Å². The third kappa shape index (κ3) is 8.80. The van der Waals surface area contributed by atoms with Crippen molar-refractivity contribution in [2.45, 2.75) is 95.1 Å². The molecular weight excluding hydrogens is 704 g/mol. The molecule has 4 N–H and O–H groups in total. The number of likely N-dealkylation sites (tertiary alicyclic amines) is 1. The molecule has 0 spiro atoms. The Hall–Kier alpha value is -5.55. The van der Waals surface area contributed by atoms with Crippen molar-refractivity contribution in [3.8, 4) is 5.75 Å². The summed E-state index contributed by atoms with van der Waals surface area (Å²) in [6.45, 7) is 4.84. The number of methoxy groups -OCH3 is 1. The molecule has 5 atom stereocenters. The monoisotopic (exact) mass is 750 g/mol. The lowest BCUT2D eigenvalue weighted by Gasteiger charge is -2.41. The Labute approximate surface area is 312 Å². The number of nitrogens with one attached hydrogen (secondary N) is 2. The van der Waals surface area contributed by atoms with E-state index in [0.29, 0.717) is 24.8 Å². The van der Waals surface area contributed by atoms with Gasteiger partial charge in [0.1, 0.15) is 17.9 Å². The van der Waals surface area contributed by atoms with Crippen molar-refractivity contribution in [1.82, 2.24) is 20.4 Å². The first-order chi connectivity index (χ1) is 25.6. The number of Topliss-reactive ketones (excluding diaryl/α,β-unsaturated/α-hetero) is 3. The highest BCUT2D eigenvalue weighted by Crippen LogP contribution is 2.38. The topological polar surface area (TPSA) is 238 Å². The number of carbonyl (C=O) groups excluding carboxylic acids is 7. The summed E-state index contributed by atoms with van der Waals surface area (Å²) < 4.78 is 10.8. The van der Waals surface area contributed by atoms with Gasteiger partial charge in [-0.3, -0.25) is 43.8 Å². The van der Waals surface area contributed by atoms with Crippen LogP contribution in [-0.2, 0) is 28.7 Å². The standard InChI is InChI=1S/C37H46N6O11/c1-22(2)42(36(50)54-26-17-15-25(16-18-26)43(51)52)37(30(44)21-29(53-4)32(37)46)31(45)28-14-10-20-41(28)35(49)27(13-8-9-19-39-33(47)23(3)38)40-34(48)24-11-6-5-7-12-24/h5-7,11-12,15-18,22-23,27-29H,8-10,13-14,19-21,38H2,1-4H3,(H,39,47)(H,40,48)/t23-,27-,28-,29?,37?/m0/s1. The highest BCUT2D eigenvalue weighted by atomic mass is 16.6. The number of hydrogen-bond donors (Lipinski definition) is 3. The number of hydrogen-bond acceptors (Lipinski definition) is 12. The van der Waals surface area contributed by atoms with E-state index in [9.17, 15) is 43.7 Å². The van der Waals surface area contributed by atoms with Gasteiger partial charge in [0.05, 0.1) is 17.0 Å². The van der Waals surface area contributed by atoms with Crippen molar-refractivity contribution >= 4 is 46.9 Å². The van der Waals surface area contributed by atoms with E-state index in [-0.39, 0.29) is 43.3 Å². The molecule has 0 aromatic heterocycles. The molecule has 2 unspecified atom stereocenters. The summed E-state index contributed by atoms with van der Waals surface area (Å²) >= 11 is 0. The Kier molecular flexibility index (Phi) is 13.7. The Balaban J connectivity index is 1.66. The highest BCUT2D eigenvalue weighted by molar-refractivity contribution is 6.36. The second kappa shape index (κ2) is 18.0. The minimum atomic E-state index is -2.73. The molecule has 1 saturated heterocycles. The fourth-order valence-corrected chi connectivity index (χ4v) is 6.80. The number of carbonyl (C=O) groups is 7. The van der Waals surface area contributed by atoms with Crippen molar-refractivity contribution in [3.05, 3.63) is 70.3 Å².